The Bertz CT molecular complexity index is 1030. The minimum atomic E-state index is -4.17. The number of nitrogens with one attached hydrogen (secondary N) is 2. The van der Waals surface area contributed by atoms with Gasteiger partial charge in [0.05, 0.1) is 25.0 Å². The first kappa shape index (κ1) is 38.8. The van der Waals surface area contributed by atoms with Gasteiger partial charge in [0.15, 0.2) is 6.29 Å². The Balaban J connectivity index is 0.00000152. The van der Waals surface area contributed by atoms with Gasteiger partial charge in [0.25, 0.3) is 0 Å². The van der Waals surface area contributed by atoms with Gasteiger partial charge >= 0.3 is 5.97 Å². The second-order valence-electron chi connectivity index (χ2n) is 11.2. The maximum atomic E-state index is 13.2. The highest BCUT2D eigenvalue weighted by molar-refractivity contribution is 7.89. The summed E-state index contributed by atoms with van der Waals surface area (Å²) >= 11 is 0. The molecule has 41 heavy (non-hydrogen) atoms. The number of hydrogen-bond donors (Lipinski definition) is 2. The number of amides is 1. The molecule has 2 N–H and O–H groups in total. The monoisotopic (exact) mass is 603 g/mol. The smallest absolute Gasteiger partial charge is 0.308 e. The third-order valence-electron chi connectivity index (χ3n) is 6.00. The Kier molecular flexibility index (Phi) is 16.7. The van der Waals surface area contributed by atoms with Gasteiger partial charge in [-0.3, -0.25) is 14.5 Å². The van der Waals surface area contributed by atoms with E-state index >= 15 is 0 Å². The van der Waals surface area contributed by atoms with Crippen molar-refractivity contribution < 1.29 is 37.0 Å². The summed E-state index contributed by atoms with van der Waals surface area (Å²) in [5.41, 5.74) is 0.0753. The first-order chi connectivity index (χ1) is 18.8. The number of sulfonamides is 1. The molecule has 1 aromatic rings. The lowest BCUT2D eigenvalue weighted by molar-refractivity contribution is -0.156. The molecule has 11 nitrogen and oxygen atoms in total. The summed E-state index contributed by atoms with van der Waals surface area (Å²) in [5, 5.41) is 2.53. The van der Waals surface area contributed by atoms with Crippen LogP contribution in [0.3, 0.4) is 0 Å². The molecule has 1 atom stereocenters. The van der Waals surface area contributed by atoms with Gasteiger partial charge in [-0.05, 0) is 92.1 Å². The Labute approximate surface area is 247 Å². The zero-order valence-corrected chi connectivity index (χ0v) is 28.0. The van der Waals surface area contributed by atoms with Crippen molar-refractivity contribution in [2.24, 2.45) is 0 Å². The summed E-state index contributed by atoms with van der Waals surface area (Å²) < 4.78 is 49.2. The second kappa shape index (κ2) is 17.6. The normalized spacial score (nSPS) is 12.8. The van der Waals surface area contributed by atoms with Gasteiger partial charge in [-0.15, -0.1) is 0 Å². The number of hydrogen-bond acceptors (Lipinski definition) is 9. The number of esters is 1. The van der Waals surface area contributed by atoms with Crippen molar-refractivity contribution in [3.8, 4) is 5.75 Å². The van der Waals surface area contributed by atoms with Crippen molar-refractivity contribution in [3.63, 3.8) is 0 Å². The number of methoxy groups -OCH3 is 3. The van der Waals surface area contributed by atoms with Gasteiger partial charge in [-0.2, -0.15) is 4.72 Å². The standard InChI is InChI=1S/C21H34N2O8S.C8H19N/c1-13-9-15(28-6)10-14(2)19(13)32(26,27)23-16(11-17(24)31-21(3,4)5)20(25)22-12-18(29-7)30-8;1-6-9(7(2)3)8(4)5/h9-10,16,18,23H,11-12H2,1-8H3,(H,22,25);7-8H,6H2,1-5H3/t16-;/m0./s1. The van der Waals surface area contributed by atoms with Crippen LogP contribution >= 0.6 is 0 Å². The Morgan fingerprint density at radius 3 is 1.78 bits per heavy atom. The van der Waals surface area contributed by atoms with E-state index in [0.717, 1.165) is 6.54 Å². The minimum Gasteiger partial charge on any atom is -0.497 e. The fraction of sp³-hybridized carbons (Fsp3) is 0.724. The molecule has 0 aliphatic rings. The molecule has 0 radical (unpaired) electrons. The van der Waals surface area contributed by atoms with E-state index in [4.69, 9.17) is 18.9 Å². The van der Waals surface area contributed by atoms with Gasteiger partial charge in [0, 0.05) is 26.3 Å². The van der Waals surface area contributed by atoms with Crippen LogP contribution in [0.2, 0.25) is 0 Å². The molecule has 12 heteroatoms. The van der Waals surface area contributed by atoms with Crippen LogP contribution in [0.25, 0.3) is 0 Å². The average molecular weight is 604 g/mol. The molecular weight excluding hydrogens is 550 g/mol. The Morgan fingerprint density at radius 2 is 1.44 bits per heavy atom. The van der Waals surface area contributed by atoms with Gasteiger partial charge in [0.2, 0.25) is 15.9 Å². The van der Waals surface area contributed by atoms with Crippen LogP contribution in [0.15, 0.2) is 17.0 Å². The third-order valence-corrected chi connectivity index (χ3v) is 7.78. The molecule has 1 aromatic carbocycles. The highest BCUT2D eigenvalue weighted by atomic mass is 32.2. The molecular formula is C29H53N3O8S. The predicted octanol–water partition coefficient (Wildman–Crippen LogP) is 3.55. The molecule has 0 fully saturated rings. The highest BCUT2D eigenvalue weighted by Gasteiger charge is 2.32. The van der Waals surface area contributed by atoms with E-state index in [2.05, 4.69) is 49.6 Å². The number of nitrogens with zero attached hydrogens (tertiary/aromatic N) is 1. The maximum Gasteiger partial charge on any atom is 0.308 e. The van der Waals surface area contributed by atoms with Gasteiger partial charge < -0.3 is 24.3 Å². The van der Waals surface area contributed by atoms with Crippen molar-refractivity contribution in [1.82, 2.24) is 14.9 Å². The third kappa shape index (κ3) is 14.0. The first-order valence-electron chi connectivity index (χ1n) is 13.8. The minimum absolute atomic E-state index is 0.00643. The van der Waals surface area contributed by atoms with Crippen LogP contribution in [-0.2, 0) is 33.8 Å². The van der Waals surface area contributed by atoms with E-state index < -0.39 is 46.3 Å². The lowest BCUT2D eigenvalue weighted by Crippen LogP contribution is -2.50. The van der Waals surface area contributed by atoms with Gasteiger partial charge in [0.1, 0.15) is 17.4 Å². The number of benzene rings is 1. The summed E-state index contributed by atoms with van der Waals surface area (Å²) in [5.74, 6) is -0.937. The van der Waals surface area contributed by atoms with E-state index in [0.29, 0.717) is 29.0 Å². The molecule has 1 amide bonds. The SMILES string of the molecule is CCN(C(C)C)C(C)C.COc1cc(C)c(S(=O)(=O)N[C@@H](CC(=O)OC(C)(C)C)C(=O)NCC(OC)OC)c(C)c1. The molecule has 0 bridgehead atoms. The van der Waals surface area contributed by atoms with Crippen molar-refractivity contribution in [2.75, 3.05) is 34.4 Å². The van der Waals surface area contributed by atoms with Crippen LogP contribution in [0.1, 0.15) is 72.9 Å². The highest BCUT2D eigenvalue weighted by Crippen LogP contribution is 2.26. The van der Waals surface area contributed by atoms with Crippen LogP contribution < -0.4 is 14.8 Å². The maximum absolute atomic E-state index is 13.2. The van der Waals surface area contributed by atoms with Crippen molar-refractivity contribution in [1.29, 1.82) is 0 Å². The summed E-state index contributed by atoms with van der Waals surface area (Å²) in [6.45, 7) is 20.6. The van der Waals surface area contributed by atoms with Crippen LogP contribution in [0.4, 0.5) is 0 Å². The summed E-state index contributed by atoms with van der Waals surface area (Å²) in [7, 11) is 0.113. The number of carbonyl (C=O) groups is 2. The molecule has 238 valence electrons. The predicted molar refractivity (Wildman–Crippen MR) is 161 cm³/mol. The topological polar surface area (TPSA) is 133 Å². The zero-order chi connectivity index (χ0) is 32.1. The molecule has 0 saturated carbocycles. The van der Waals surface area contributed by atoms with Gasteiger partial charge in [-0.1, -0.05) is 6.92 Å². The molecule has 0 unspecified atom stereocenters. The summed E-state index contributed by atoms with van der Waals surface area (Å²) in [4.78, 5) is 27.6. The van der Waals surface area contributed by atoms with Crippen molar-refractivity contribution in [3.05, 3.63) is 23.3 Å². The number of aryl methyl sites for hydroxylation is 2. The van der Waals surface area contributed by atoms with Crippen LogP contribution in [0, 0.1) is 13.8 Å². The van der Waals surface area contributed by atoms with E-state index in [9.17, 15) is 18.0 Å². The lowest BCUT2D eigenvalue weighted by Gasteiger charge is -2.28. The van der Waals surface area contributed by atoms with E-state index in [1.165, 1.54) is 21.3 Å². The fourth-order valence-corrected chi connectivity index (χ4v) is 5.98. The number of rotatable bonds is 14. The molecule has 1 rings (SSSR count). The van der Waals surface area contributed by atoms with Crippen molar-refractivity contribution in [2.45, 2.75) is 111 Å². The summed E-state index contributed by atoms with van der Waals surface area (Å²) in [6, 6.07) is 3.12. The second-order valence-corrected chi connectivity index (χ2v) is 12.9. The molecule has 0 saturated heterocycles. The number of ether oxygens (including phenoxy) is 4. The van der Waals surface area contributed by atoms with Crippen LogP contribution in [0.5, 0.6) is 5.75 Å². The van der Waals surface area contributed by atoms with E-state index in [1.54, 1.807) is 46.8 Å². The quantitative estimate of drug-likeness (QED) is 0.242. The Morgan fingerprint density at radius 1 is 0.951 bits per heavy atom. The van der Waals surface area contributed by atoms with E-state index in [-0.39, 0.29) is 11.4 Å². The molecule has 0 aromatic heterocycles. The molecule has 0 spiro atoms. The van der Waals surface area contributed by atoms with E-state index in [1.807, 2.05) is 0 Å². The Hall–Kier alpha value is -2.25. The first-order valence-corrected chi connectivity index (χ1v) is 15.3. The number of carbonyl (C=O) groups excluding carboxylic acids is 2. The van der Waals surface area contributed by atoms with Crippen LogP contribution in [-0.4, -0.2) is 89.6 Å². The summed E-state index contributed by atoms with van der Waals surface area (Å²) in [6.07, 6.45) is -1.23. The largest absolute Gasteiger partial charge is 0.497 e. The zero-order valence-electron chi connectivity index (χ0n) is 27.2. The van der Waals surface area contributed by atoms with Crippen molar-refractivity contribution >= 4 is 21.9 Å². The average Bonchev–Trinajstić information content (AvgIpc) is 2.82. The van der Waals surface area contributed by atoms with Gasteiger partial charge in [-0.25, -0.2) is 8.42 Å². The molecule has 0 heterocycles. The lowest BCUT2D eigenvalue weighted by atomic mass is 10.1. The molecule has 0 aliphatic carbocycles. The fourth-order valence-electron chi connectivity index (χ4n) is 4.33. The molecule has 0 aliphatic heterocycles.